The normalized spacial score (nSPS) is 25.3. The number of para-hydroxylation sites is 1. The Morgan fingerprint density at radius 3 is 2.68 bits per heavy atom. The van der Waals surface area contributed by atoms with Crippen molar-refractivity contribution in [2.45, 2.75) is 56.7 Å². The van der Waals surface area contributed by atoms with E-state index < -0.39 is 12.5 Å². The number of alkyl halides is 3. The fourth-order valence-corrected chi connectivity index (χ4v) is 4.75. The fraction of sp³-hybridized carbons (Fsp3) is 0.524. The van der Waals surface area contributed by atoms with E-state index in [1.165, 1.54) is 23.1 Å². The van der Waals surface area contributed by atoms with E-state index in [9.17, 15) is 23.1 Å². The van der Waals surface area contributed by atoms with Crippen molar-refractivity contribution in [1.29, 1.82) is 0 Å². The number of hydrogen-bond donors (Lipinski definition) is 1. The van der Waals surface area contributed by atoms with Crippen LogP contribution in [0.25, 0.3) is 11.3 Å². The van der Waals surface area contributed by atoms with Crippen LogP contribution >= 0.6 is 0 Å². The number of likely N-dealkylation sites (tertiary alicyclic amines) is 1. The number of hydrogen-bond acceptors (Lipinski definition) is 5. The highest BCUT2D eigenvalue weighted by Gasteiger charge is 2.47. The van der Waals surface area contributed by atoms with E-state index in [2.05, 4.69) is 9.89 Å². The summed E-state index contributed by atoms with van der Waals surface area (Å²) in [6.45, 7) is 0.588. The molecule has 1 amide bonds. The van der Waals surface area contributed by atoms with Crippen LogP contribution in [0.4, 0.5) is 18.0 Å². The Labute approximate surface area is 175 Å². The standard InChI is InChI=1S/C21H21F3N2O5/c22-21(23,24)30-16-4-2-1-3-14(16)18-15(19(31-25-18)11-5-6-11)10-29-17-8-13-7-12(17)9-26(13)20(27)28/h1-4,11-13,17H,5-10H2,(H,27,28). The molecule has 0 radical (unpaired) electrons. The fourth-order valence-electron chi connectivity index (χ4n) is 4.75. The lowest BCUT2D eigenvalue weighted by atomic mass is 10.0. The van der Waals surface area contributed by atoms with E-state index in [-0.39, 0.29) is 47.6 Å². The predicted molar refractivity (Wildman–Crippen MR) is 100 cm³/mol. The predicted octanol–water partition coefficient (Wildman–Crippen LogP) is 4.78. The minimum absolute atomic E-state index is 0.0433. The Bertz CT molecular complexity index is 988. The molecule has 31 heavy (non-hydrogen) atoms. The number of piperidine rings is 1. The van der Waals surface area contributed by atoms with Crippen molar-refractivity contribution < 1.29 is 37.1 Å². The number of carboxylic acid groups (broad SMARTS) is 1. The van der Waals surface area contributed by atoms with Crippen LogP contribution < -0.4 is 4.74 Å². The van der Waals surface area contributed by atoms with Gasteiger partial charge in [-0.3, -0.25) is 0 Å². The van der Waals surface area contributed by atoms with E-state index in [1.807, 2.05) is 0 Å². The van der Waals surface area contributed by atoms with Gasteiger partial charge in [-0.05, 0) is 37.8 Å². The first-order valence-corrected chi connectivity index (χ1v) is 10.2. The van der Waals surface area contributed by atoms with Crippen LogP contribution in [-0.4, -0.2) is 46.3 Å². The smallest absolute Gasteiger partial charge is 0.465 e. The van der Waals surface area contributed by atoms with Gasteiger partial charge in [0.25, 0.3) is 0 Å². The quantitative estimate of drug-likeness (QED) is 0.699. The van der Waals surface area contributed by atoms with Gasteiger partial charge in [-0.25, -0.2) is 4.79 Å². The molecule has 3 aliphatic rings. The molecule has 0 spiro atoms. The molecule has 1 aromatic heterocycles. The minimum Gasteiger partial charge on any atom is -0.465 e. The van der Waals surface area contributed by atoms with Crippen LogP contribution in [0.1, 0.15) is 42.9 Å². The van der Waals surface area contributed by atoms with Gasteiger partial charge >= 0.3 is 12.5 Å². The summed E-state index contributed by atoms with van der Waals surface area (Å²) in [6, 6.07) is 5.80. The largest absolute Gasteiger partial charge is 0.573 e. The van der Waals surface area contributed by atoms with Gasteiger partial charge in [-0.15, -0.1) is 13.2 Å². The molecule has 1 N–H and O–H groups in total. The molecule has 1 aromatic carbocycles. The first-order chi connectivity index (χ1) is 14.8. The van der Waals surface area contributed by atoms with Crippen molar-refractivity contribution in [2.24, 2.45) is 5.92 Å². The number of ether oxygens (including phenoxy) is 2. The highest BCUT2D eigenvalue weighted by molar-refractivity contribution is 5.70. The molecule has 3 atom stereocenters. The topological polar surface area (TPSA) is 85.0 Å². The first kappa shape index (κ1) is 20.2. The van der Waals surface area contributed by atoms with Crippen molar-refractivity contribution in [3.63, 3.8) is 0 Å². The number of halogens is 3. The van der Waals surface area contributed by atoms with Crippen LogP contribution in [0.5, 0.6) is 5.75 Å². The summed E-state index contributed by atoms with van der Waals surface area (Å²) in [4.78, 5) is 12.7. The monoisotopic (exact) mass is 438 g/mol. The van der Waals surface area contributed by atoms with Gasteiger partial charge in [0.05, 0.1) is 12.7 Å². The molecule has 2 saturated carbocycles. The number of benzene rings is 1. The van der Waals surface area contributed by atoms with E-state index >= 15 is 0 Å². The number of aromatic nitrogens is 1. The van der Waals surface area contributed by atoms with Crippen molar-refractivity contribution in [3.05, 3.63) is 35.6 Å². The molecule has 2 aliphatic carbocycles. The maximum absolute atomic E-state index is 12.9. The average molecular weight is 438 g/mol. The lowest BCUT2D eigenvalue weighted by Crippen LogP contribution is -2.41. The second-order valence-corrected chi connectivity index (χ2v) is 8.36. The second-order valence-electron chi connectivity index (χ2n) is 8.36. The van der Waals surface area contributed by atoms with Gasteiger partial charge in [-0.2, -0.15) is 0 Å². The van der Waals surface area contributed by atoms with Gasteiger partial charge in [0, 0.05) is 35.5 Å². The van der Waals surface area contributed by atoms with E-state index in [1.54, 1.807) is 6.07 Å². The lowest BCUT2D eigenvalue weighted by molar-refractivity contribution is -0.274. The molecule has 2 bridgehead atoms. The van der Waals surface area contributed by atoms with Crippen molar-refractivity contribution in [3.8, 4) is 17.0 Å². The van der Waals surface area contributed by atoms with Gasteiger partial charge in [0.2, 0.25) is 0 Å². The Balaban J connectivity index is 1.38. The molecule has 5 rings (SSSR count). The lowest BCUT2D eigenvalue weighted by Gasteiger charge is -2.29. The summed E-state index contributed by atoms with van der Waals surface area (Å²) in [5.74, 6) is 0.615. The maximum Gasteiger partial charge on any atom is 0.573 e. The molecule has 7 nitrogen and oxygen atoms in total. The van der Waals surface area contributed by atoms with Crippen molar-refractivity contribution in [2.75, 3.05) is 6.54 Å². The molecular formula is C21H21F3N2O5. The summed E-state index contributed by atoms with van der Waals surface area (Å²) >= 11 is 0. The highest BCUT2D eigenvalue weighted by Crippen LogP contribution is 2.46. The molecular weight excluding hydrogens is 417 g/mol. The van der Waals surface area contributed by atoms with Crippen molar-refractivity contribution >= 4 is 6.09 Å². The number of amides is 1. The summed E-state index contributed by atoms with van der Waals surface area (Å²) in [5.41, 5.74) is 1.12. The summed E-state index contributed by atoms with van der Waals surface area (Å²) in [6.07, 6.45) is -2.58. The maximum atomic E-state index is 12.9. The number of carbonyl (C=O) groups is 1. The zero-order valence-electron chi connectivity index (χ0n) is 16.5. The zero-order chi connectivity index (χ0) is 21.8. The van der Waals surface area contributed by atoms with Gasteiger partial charge < -0.3 is 24.0 Å². The third kappa shape index (κ3) is 3.96. The summed E-state index contributed by atoms with van der Waals surface area (Å²) in [5, 5.41) is 13.3. The first-order valence-electron chi connectivity index (χ1n) is 10.2. The van der Waals surface area contributed by atoms with Crippen LogP contribution in [0.2, 0.25) is 0 Å². The Morgan fingerprint density at radius 2 is 2.03 bits per heavy atom. The summed E-state index contributed by atoms with van der Waals surface area (Å²) in [7, 11) is 0. The van der Waals surface area contributed by atoms with E-state index in [0.29, 0.717) is 24.3 Å². The van der Waals surface area contributed by atoms with E-state index in [0.717, 1.165) is 19.3 Å². The number of rotatable bonds is 6. The highest BCUT2D eigenvalue weighted by atomic mass is 19.4. The number of fused-ring (bicyclic) bond motifs is 2. The Kier molecular flexibility index (Phi) is 4.84. The van der Waals surface area contributed by atoms with Crippen LogP contribution in [0.15, 0.2) is 28.8 Å². The molecule has 166 valence electrons. The molecule has 10 heteroatoms. The molecule has 2 aromatic rings. The molecule has 1 aliphatic heterocycles. The average Bonchev–Trinajstić information content (AvgIpc) is 3.16. The molecule has 3 unspecified atom stereocenters. The van der Waals surface area contributed by atoms with E-state index in [4.69, 9.17) is 9.26 Å². The summed E-state index contributed by atoms with van der Waals surface area (Å²) < 4.78 is 54.5. The molecule has 2 heterocycles. The molecule has 3 fully saturated rings. The Hall–Kier alpha value is -2.75. The SMILES string of the molecule is O=C(O)N1CC2CC1CC2OCc1c(-c2ccccc2OC(F)(F)F)noc1C1CC1. The minimum atomic E-state index is -4.82. The molecule has 1 saturated heterocycles. The Morgan fingerprint density at radius 1 is 1.26 bits per heavy atom. The van der Waals surface area contributed by atoms with Gasteiger partial charge in [-0.1, -0.05) is 17.3 Å². The number of nitrogens with zero attached hydrogens (tertiary/aromatic N) is 2. The van der Waals surface area contributed by atoms with Crippen LogP contribution in [0.3, 0.4) is 0 Å². The van der Waals surface area contributed by atoms with Crippen LogP contribution in [0, 0.1) is 5.92 Å². The second kappa shape index (κ2) is 7.44. The van der Waals surface area contributed by atoms with Crippen LogP contribution in [-0.2, 0) is 11.3 Å². The third-order valence-electron chi connectivity index (χ3n) is 6.30. The third-order valence-corrected chi connectivity index (χ3v) is 6.30. The van der Waals surface area contributed by atoms with Gasteiger partial charge in [0.15, 0.2) is 0 Å². The van der Waals surface area contributed by atoms with Crippen molar-refractivity contribution in [1.82, 2.24) is 10.1 Å². The van der Waals surface area contributed by atoms with Gasteiger partial charge in [0.1, 0.15) is 17.2 Å². The zero-order valence-corrected chi connectivity index (χ0v) is 16.5.